The Morgan fingerprint density at radius 3 is 2.47 bits per heavy atom. The van der Waals surface area contributed by atoms with Gasteiger partial charge in [-0.1, -0.05) is 41.1 Å². The van der Waals surface area contributed by atoms with Crippen molar-refractivity contribution >= 4 is 51.9 Å². The second-order valence-electron chi connectivity index (χ2n) is 16.0. The first-order chi connectivity index (χ1) is 28.5. The molecular formula is C44H48ClFN8O5. The average Bonchev–Trinajstić information content (AvgIpc) is 3.94. The van der Waals surface area contributed by atoms with Crippen LogP contribution in [0.4, 0.5) is 10.1 Å². The number of imide groups is 1. The number of benzene rings is 3. The van der Waals surface area contributed by atoms with Crippen LogP contribution in [0.15, 0.2) is 71.4 Å². The highest BCUT2D eigenvalue weighted by molar-refractivity contribution is 6.31. The Kier molecular flexibility index (Phi) is 11.8. The van der Waals surface area contributed by atoms with Crippen LogP contribution in [0.3, 0.4) is 0 Å². The number of carbonyl (C=O) groups excluding carboxylic acids is 4. The van der Waals surface area contributed by atoms with E-state index in [1.807, 2.05) is 41.3 Å². The van der Waals surface area contributed by atoms with Crippen LogP contribution in [0.5, 0.6) is 0 Å². The van der Waals surface area contributed by atoms with E-state index in [1.54, 1.807) is 31.2 Å². The highest BCUT2D eigenvalue weighted by Gasteiger charge is 2.31. The topological polar surface area (TPSA) is 137 Å². The maximum Gasteiger partial charge on any atom is 0.289 e. The molecule has 2 aromatic heterocycles. The van der Waals surface area contributed by atoms with Crippen LogP contribution in [0.25, 0.3) is 22.1 Å². The number of piperidine rings is 2. The molecule has 0 aliphatic carbocycles. The summed E-state index contributed by atoms with van der Waals surface area (Å²) in [4.78, 5) is 58.2. The van der Waals surface area contributed by atoms with Gasteiger partial charge < -0.3 is 19.1 Å². The number of halogens is 2. The molecule has 3 saturated heterocycles. The van der Waals surface area contributed by atoms with E-state index in [1.165, 1.54) is 11.0 Å². The molecule has 15 heteroatoms. The third-order valence-corrected chi connectivity index (χ3v) is 12.3. The number of piperazine rings is 1. The van der Waals surface area contributed by atoms with Crippen molar-refractivity contribution in [3.63, 3.8) is 0 Å². The van der Waals surface area contributed by atoms with E-state index in [0.29, 0.717) is 54.2 Å². The highest BCUT2D eigenvalue weighted by atomic mass is 35.5. The van der Waals surface area contributed by atoms with E-state index in [9.17, 15) is 19.2 Å². The lowest BCUT2D eigenvalue weighted by Gasteiger charge is -2.36. The fourth-order valence-corrected chi connectivity index (χ4v) is 8.91. The lowest BCUT2D eigenvalue weighted by molar-refractivity contribution is -0.134. The van der Waals surface area contributed by atoms with E-state index in [2.05, 4.69) is 37.6 Å². The minimum atomic E-state index is -0.422. The summed E-state index contributed by atoms with van der Waals surface area (Å²) in [5, 5.41) is 11.0. The largest absolute Gasteiger partial charge is 0.450 e. The Morgan fingerprint density at radius 2 is 1.76 bits per heavy atom. The van der Waals surface area contributed by atoms with Gasteiger partial charge in [0.2, 0.25) is 17.7 Å². The third-order valence-electron chi connectivity index (χ3n) is 11.9. The molecule has 3 aliphatic rings. The van der Waals surface area contributed by atoms with Crippen molar-refractivity contribution < 1.29 is 28.0 Å². The number of nitrogens with zero attached hydrogens (tertiary/aromatic N) is 7. The van der Waals surface area contributed by atoms with Gasteiger partial charge in [-0.3, -0.25) is 34.1 Å². The fourth-order valence-electron chi connectivity index (χ4n) is 8.58. The number of hydrogen-bond acceptors (Lipinski definition) is 9. The summed E-state index contributed by atoms with van der Waals surface area (Å²) < 4.78 is 24.3. The van der Waals surface area contributed by atoms with Gasteiger partial charge in [0.05, 0.1) is 24.0 Å². The summed E-state index contributed by atoms with van der Waals surface area (Å²) in [7, 11) is 3.27. The monoisotopic (exact) mass is 822 g/mol. The Balaban J connectivity index is 0.944. The molecule has 1 unspecified atom stereocenters. The first-order valence-electron chi connectivity index (χ1n) is 20.3. The SMILES string of the molecule is CN(C)C(=O)c1cc2c(F)c([C@@H]3CCCN(C(=O)CCn4ccnn4)C3)cc(-c3ccc(N4CCN(CCc5ccc(C6CCC(=O)NC6=O)c(Cl)c5)CC4)cc3)c2o1. The van der Waals surface area contributed by atoms with Crippen molar-refractivity contribution in [2.45, 2.75) is 56.9 Å². The smallest absolute Gasteiger partial charge is 0.289 e. The van der Waals surface area contributed by atoms with Gasteiger partial charge in [-0.05, 0) is 72.2 Å². The molecule has 3 aromatic carbocycles. The molecule has 1 N–H and O–H groups in total. The summed E-state index contributed by atoms with van der Waals surface area (Å²) in [6.45, 7) is 5.80. The van der Waals surface area contributed by atoms with E-state index >= 15 is 4.39 Å². The number of furan rings is 1. The van der Waals surface area contributed by atoms with Crippen LogP contribution in [0.2, 0.25) is 5.02 Å². The average molecular weight is 823 g/mol. The summed E-state index contributed by atoms with van der Waals surface area (Å²) in [5.41, 5.74) is 5.32. The number of carbonyl (C=O) groups is 4. The molecule has 308 valence electrons. The molecule has 0 spiro atoms. The molecular weight excluding hydrogens is 775 g/mol. The standard InChI is InChI=1S/C44H48ClFN8O5/c1-50(2)44(58)38-26-36-41(46)34(30-4-3-16-53(27-30)40(56)14-18-54-19-15-47-49-54)25-35(42(36)59-38)29-6-8-31(9-7-29)52-22-20-51(21-23-52)17-13-28-5-10-32(37(45)24-28)33-11-12-39(55)48-43(33)57/h5-10,15,19,24-26,30,33H,3-4,11-14,16-18,20-23,27H2,1-2H3,(H,48,55,57)/t30-,33?/m1/s1. The Bertz CT molecular complexity index is 2360. The fraction of sp³-hybridized carbons (Fsp3) is 0.409. The molecule has 3 aliphatic heterocycles. The number of fused-ring (bicyclic) bond motifs is 1. The van der Waals surface area contributed by atoms with E-state index in [0.717, 1.165) is 74.4 Å². The normalized spacial score (nSPS) is 19.0. The number of anilines is 1. The third kappa shape index (κ3) is 8.74. The maximum atomic E-state index is 16.6. The van der Waals surface area contributed by atoms with Crippen molar-refractivity contribution in [1.82, 2.24) is 35.0 Å². The van der Waals surface area contributed by atoms with Gasteiger partial charge in [0.25, 0.3) is 5.91 Å². The summed E-state index contributed by atoms with van der Waals surface area (Å²) in [6, 6.07) is 17.4. The molecule has 0 saturated carbocycles. The van der Waals surface area contributed by atoms with Gasteiger partial charge >= 0.3 is 0 Å². The first-order valence-corrected chi connectivity index (χ1v) is 20.7. The molecule has 0 bridgehead atoms. The van der Waals surface area contributed by atoms with E-state index in [4.69, 9.17) is 16.0 Å². The molecule has 5 heterocycles. The first kappa shape index (κ1) is 40.2. The summed E-state index contributed by atoms with van der Waals surface area (Å²) >= 11 is 6.63. The van der Waals surface area contributed by atoms with E-state index < -0.39 is 11.7 Å². The van der Waals surface area contributed by atoms with Gasteiger partial charge in [0.1, 0.15) is 11.4 Å². The molecule has 4 amide bonds. The van der Waals surface area contributed by atoms with E-state index in [-0.39, 0.29) is 47.1 Å². The molecule has 5 aromatic rings. The van der Waals surface area contributed by atoms with Gasteiger partial charge in [-0.2, -0.15) is 0 Å². The molecule has 0 radical (unpaired) electrons. The lowest BCUT2D eigenvalue weighted by Crippen LogP contribution is -2.47. The summed E-state index contributed by atoms with van der Waals surface area (Å²) in [6.07, 6.45) is 6.67. The lowest BCUT2D eigenvalue weighted by atomic mass is 9.87. The summed E-state index contributed by atoms with van der Waals surface area (Å²) in [5.74, 6) is -1.87. The van der Waals surface area contributed by atoms with Crippen LogP contribution in [0, 0.1) is 5.82 Å². The van der Waals surface area contributed by atoms with Gasteiger partial charge in [0, 0.05) is 107 Å². The molecule has 3 fully saturated rings. The number of aromatic nitrogens is 3. The van der Waals surface area contributed by atoms with Gasteiger partial charge in [-0.25, -0.2) is 4.39 Å². The molecule has 59 heavy (non-hydrogen) atoms. The zero-order valence-corrected chi connectivity index (χ0v) is 34.1. The molecule has 8 rings (SSSR count). The predicted molar refractivity (Wildman–Crippen MR) is 222 cm³/mol. The predicted octanol–water partition coefficient (Wildman–Crippen LogP) is 5.87. The minimum Gasteiger partial charge on any atom is -0.450 e. The van der Waals surface area contributed by atoms with Crippen molar-refractivity contribution in [3.05, 3.63) is 100 Å². The van der Waals surface area contributed by atoms with Crippen molar-refractivity contribution in [2.24, 2.45) is 0 Å². The van der Waals surface area contributed by atoms with Crippen LogP contribution < -0.4 is 10.2 Å². The quantitative estimate of drug-likeness (QED) is 0.162. The van der Waals surface area contributed by atoms with Gasteiger partial charge in [-0.15, -0.1) is 5.10 Å². The minimum absolute atomic E-state index is 0.00579. The maximum absolute atomic E-state index is 16.6. The number of rotatable bonds is 11. The zero-order valence-electron chi connectivity index (χ0n) is 33.3. The van der Waals surface area contributed by atoms with Crippen molar-refractivity contribution in [3.8, 4) is 11.1 Å². The van der Waals surface area contributed by atoms with Crippen molar-refractivity contribution in [2.75, 3.05) is 64.8 Å². The van der Waals surface area contributed by atoms with Crippen molar-refractivity contribution in [1.29, 1.82) is 0 Å². The Labute approximate surface area is 347 Å². The number of hydrogen-bond donors (Lipinski definition) is 1. The Morgan fingerprint density at radius 1 is 0.966 bits per heavy atom. The van der Waals surface area contributed by atoms with Crippen LogP contribution in [-0.2, 0) is 27.3 Å². The number of likely N-dealkylation sites (tertiary alicyclic amines) is 1. The van der Waals surface area contributed by atoms with Gasteiger partial charge in [0.15, 0.2) is 5.76 Å². The molecule has 13 nitrogen and oxygen atoms in total. The van der Waals surface area contributed by atoms with Crippen LogP contribution >= 0.6 is 11.6 Å². The molecule has 2 atom stereocenters. The Hall–Kier alpha value is -5.60. The second kappa shape index (κ2) is 17.3. The number of amides is 4. The zero-order chi connectivity index (χ0) is 41.2. The van der Waals surface area contributed by atoms with Crippen LogP contribution in [0.1, 0.15) is 71.2 Å². The number of aryl methyl sites for hydroxylation is 1. The highest BCUT2D eigenvalue weighted by Crippen LogP contribution is 2.40. The van der Waals surface area contributed by atoms with Crippen LogP contribution in [-0.4, -0.2) is 113 Å². The number of nitrogens with one attached hydrogen (secondary N) is 1. The second-order valence-corrected chi connectivity index (χ2v) is 16.4.